The number of benzene rings is 1. The number of nitrogens with zero attached hydrogens (tertiary/aromatic N) is 1. The van der Waals surface area contributed by atoms with Crippen molar-refractivity contribution >= 4 is 17.4 Å². The predicted octanol–water partition coefficient (Wildman–Crippen LogP) is 3.69. The zero-order valence-corrected chi connectivity index (χ0v) is 12.1. The van der Waals surface area contributed by atoms with Crippen molar-refractivity contribution in [3.63, 3.8) is 0 Å². The van der Waals surface area contributed by atoms with Gasteiger partial charge in [0.2, 0.25) is 0 Å². The normalized spacial score (nSPS) is 16.9. The fraction of sp³-hybridized carbons (Fsp3) is 0.400. The highest BCUT2D eigenvalue weighted by Gasteiger charge is 2.39. The molecule has 0 atom stereocenters. The highest BCUT2D eigenvalue weighted by molar-refractivity contribution is 6.33. The van der Waals surface area contributed by atoms with Crippen LogP contribution in [0.25, 0.3) is 11.1 Å². The summed E-state index contributed by atoms with van der Waals surface area (Å²) >= 11 is 6.26. The van der Waals surface area contributed by atoms with Crippen LogP contribution in [-0.4, -0.2) is 17.9 Å². The number of ether oxygens (including phenoxy) is 1. The van der Waals surface area contributed by atoms with Crippen LogP contribution in [-0.2, 0) is 11.2 Å². The van der Waals surface area contributed by atoms with Crippen molar-refractivity contribution < 1.29 is 9.26 Å². The number of nitrogens with two attached hydrogens (primary N) is 1. The molecule has 0 unspecified atom stereocenters. The fourth-order valence-electron chi connectivity index (χ4n) is 2.73. The van der Waals surface area contributed by atoms with Gasteiger partial charge in [0.25, 0.3) is 0 Å². The average molecular weight is 293 g/mol. The zero-order chi connectivity index (χ0) is 14.2. The van der Waals surface area contributed by atoms with Crippen molar-refractivity contribution in [2.24, 2.45) is 0 Å². The van der Waals surface area contributed by atoms with Crippen molar-refractivity contribution in [2.45, 2.75) is 31.3 Å². The van der Waals surface area contributed by atoms with Gasteiger partial charge in [-0.15, -0.1) is 0 Å². The highest BCUT2D eigenvalue weighted by atomic mass is 35.5. The first-order chi connectivity index (χ1) is 9.65. The Balaban J connectivity index is 2.00. The van der Waals surface area contributed by atoms with E-state index in [9.17, 15) is 0 Å². The summed E-state index contributed by atoms with van der Waals surface area (Å²) < 4.78 is 11.1. The number of hydrogen-bond donors (Lipinski definition) is 1. The third kappa shape index (κ3) is 2.19. The van der Waals surface area contributed by atoms with Gasteiger partial charge in [-0.1, -0.05) is 35.0 Å². The highest BCUT2D eigenvalue weighted by Crippen LogP contribution is 2.42. The summed E-state index contributed by atoms with van der Waals surface area (Å²) in [5, 5.41) is 4.54. The van der Waals surface area contributed by atoms with Crippen LogP contribution in [0.1, 0.15) is 25.0 Å². The lowest BCUT2D eigenvalue weighted by Gasteiger charge is -2.39. The summed E-state index contributed by atoms with van der Waals surface area (Å²) in [5.74, 6) is 1.12. The van der Waals surface area contributed by atoms with Gasteiger partial charge in [0.05, 0.1) is 11.2 Å². The molecule has 20 heavy (non-hydrogen) atoms. The van der Waals surface area contributed by atoms with E-state index in [-0.39, 0.29) is 5.60 Å². The van der Waals surface area contributed by atoms with Crippen LogP contribution in [0.4, 0.5) is 5.82 Å². The molecule has 1 aromatic heterocycles. The van der Waals surface area contributed by atoms with Gasteiger partial charge in [-0.3, -0.25) is 0 Å². The SMILES string of the molecule is COC1(Cc2onc(N)c2-c2ccccc2Cl)CCC1. The summed E-state index contributed by atoms with van der Waals surface area (Å²) in [6.07, 6.45) is 3.92. The maximum atomic E-state index is 6.26. The Morgan fingerprint density at radius 1 is 1.40 bits per heavy atom. The van der Waals surface area contributed by atoms with Gasteiger partial charge >= 0.3 is 0 Å². The molecule has 2 N–H and O–H groups in total. The Labute approximate surface area is 122 Å². The maximum Gasteiger partial charge on any atom is 0.175 e. The van der Waals surface area contributed by atoms with Gasteiger partial charge in [0, 0.05) is 24.1 Å². The molecule has 0 spiro atoms. The van der Waals surface area contributed by atoms with Crippen molar-refractivity contribution in [1.82, 2.24) is 5.16 Å². The van der Waals surface area contributed by atoms with Crippen molar-refractivity contribution in [2.75, 3.05) is 12.8 Å². The molecular formula is C15H17ClN2O2. The number of aromatic nitrogens is 1. The lowest BCUT2D eigenvalue weighted by atomic mass is 9.76. The lowest BCUT2D eigenvalue weighted by molar-refractivity contribution is -0.0742. The summed E-state index contributed by atoms with van der Waals surface area (Å²) in [4.78, 5) is 0. The van der Waals surface area contributed by atoms with Crippen LogP contribution >= 0.6 is 11.6 Å². The molecular weight excluding hydrogens is 276 g/mol. The first-order valence-corrected chi connectivity index (χ1v) is 7.07. The lowest BCUT2D eigenvalue weighted by Crippen LogP contribution is -2.41. The minimum absolute atomic E-state index is 0.137. The molecule has 5 heteroatoms. The Kier molecular flexibility index (Phi) is 3.44. The van der Waals surface area contributed by atoms with E-state index in [1.807, 2.05) is 24.3 Å². The van der Waals surface area contributed by atoms with E-state index in [0.29, 0.717) is 17.3 Å². The first kappa shape index (κ1) is 13.5. The van der Waals surface area contributed by atoms with Gasteiger partial charge in [-0.25, -0.2) is 0 Å². The van der Waals surface area contributed by atoms with Crippen molar-refractivity contribution in [3.05, 3.63) is 35.0 Å². The molecule has 106 valence electrons. The van der Waals surface area contributed by atoms with Crippen molar-refractivity contribution in [1.29, 1.82) is 0 Å². The summed E-state index contributed by atoms with van der Waals surface area (Å²) in [6.45, 7) is 0. The molecule has 3 rings (SSSR count). The van der Waals surface area contributed by atoms with Crippen molar-refractivity contribution in [3.8, 4) is 11.1 Å². The second kappa shape index (κ2) is 5.11. The van der Waals surface area contributed by atoms with Gasteiger partial charge in [-0.05, 0) is 25.3 Å². The molecule has 1 aliphatic carbocycles. The first-order valence-electron chi connectivity index (χ1n) is 6.69. The summed E-state index contributed by atoms with van der Waals surface area (Å²) in [5.41, 5.74) is 7.47. The Hall–Kier alpha value is -1.52. The third-order valence-electron chi connectivity index (χ3n) is 4.11. The Morgan fingerprint density at radius 2 is 2.15 bits per heavy atom. The fourth-order valence-corrected chi connectivity index (χ4v) is 2.96. The average Bonchev–Trinajstić information content (AvgIpc) is 2.76. The van der Waals surface area contributed by atoms with E-state index in [1.165, 1.54) is 6.42 Å². The standard InChI is InChI=1S/C15H17ClN2O2/c1-19-15(7-4-8-15)9-12-13(14(17)18-20-12)10-5-2-3-6-11(10)16/h2-3,5-6H,4,7-9H2,1H3,(H2,17,18). The molecule has 1 aliphatic rings. The van der Waals surface area contributed by atoms with E-state index in [2.05, 4.69) is 5.16 Å². The maximum absolute atomic E-state index is 6.26. The minimum Gasteiger partial charge on any atom is -0.380 e. The molecule has 2 aromatic rings. The van der Waals surface area contributed by atoms with E-state index >= 15 is 0 Å². The number of methoxy groups -OCH3 is 1. The van der Waals surface area contributed by atoms with Crippen LogP contribution in [0.15, 0.2) is 28.8 Å². The van der Waals surface area contributed by atoms with Crippen LogP contribution < -0.4 is 5.73 Å². The number of rotatable bonds is 4. The molecule has 1 fully saturated rings. The number of halogens is 1. The van der Waals surface area contributed by atoms with Crippen LogP contribution in [0.2, 0.25) is 5.02 Å². The molecule has 1 heterocycles. The minimum atomic E-state index is -0.137. The quantitative estimate of drug-likeness (QED) is 0.933. The van der Waals surface area contributed by atoms with Gasteiger partial charge in [-0.2, -0.15) is 0 Å². The Bertz CT molecular complexity index is 615. The summed E-state index contributed by atoms with van der Waals surface area (Å²) in [6, 6.07) is 7.57. The smallest absolute Gasteiger partial charge is 0.175 e. The Morgan fingerprint density at radius 3 is 2.75 bits per heavy atom. The number of hydrogen-bond acceptors (Lipinski definition) is 4. The zero-order valence-electron chi connectivity index (χ0n) is 11.4. The molecule has 0 aliphatic heterocycles. The molecule has 0 bridgehead atoms. The molecule has 1 aromatic carbocycles. The predicted molar refractivity (Wildman–Crippen MR) is 78.7 cm³/mol. The van der Waals surface area contributed by atoms with Gasteiger partial charge in [0.1, 0.15) is 5.76 Å². The van der Waals surface area contributed by atoms with Crippen LogP contribution in [0.5, 0.6) is 0 Å². The van der Waals surface area contributed by atoms with E-state index < -0.39 is 0 Å². The monoisotopic (exact) mass is 292 g/mol. The topological polar surface area (TPSA) is 61.3 Å². The van der Waals surface area contributed by atoms with Gasteiger partial charge in [0.15, 0.2) is 5.82 Å². The van der Waals surface area contributed by atoms with Crippen LogP contribution in [0.3, 0.4) is 0 Å². The molecule has 1 saturated carbocycles. The number of anilines is 1. The third-order valence-corrected chi connectivity index (χ3v) is 4.44. The van der Waals surface area contributed by atoms with E-state index in [1.54, 1.807) is 7.11 Å². The molecule has 0 radical (unpaired) electrons. The summed E-state index contributed by atoms with van der Waals surface area (Å²) in [7, 11) is 1.74. The van der Waals surface area contributed by atoms with Crippen LogP contribution in [0, 0.1) is 0 Å². The second-order valence-corrected chi connectivity index (χ2v) is 5.67. The number of nitrogen functional groups attached to an aromatic ring is 1. The van der Waals surface area contributed by atoms with Gasteiger partial charge < -0.3 is 15.0 Å². The van der Waals surface area contributed by atoms with E-state index in [4.69, 9.17) is 26.6 Å². The van der Waals surface area contributed by atoms with E-state index in [0.717, 1.165) is 29.7 Å². The largest absolute Gasteiger partial charge is 0.380 e. The molecule has 4 nitrogen and oxygen atoms in total. The molecule has 0 saturated heterocycles. The second-order valence-electron chi connectivity index (χ2n) is 5.26. The molecule has 0 amide bonds.